The van der Waals surface area contributed by atoms with Gasteiger partial charge in [0.1, 0.15) is 5.78 Å². The number of nitrogens with zero attached hydrogens (tertiary/aromatic N) is 1. The van der Waals surface area contributed by atoms with Gasteiger partial charge in [0.05, 0.1) is 11.2 Å². The van der Waals surface area contributed by atoms with Gasteiger partial charge in [-0.2, -0.15) is 0 Å². The van der Waals surface area contributed by atoms with Crippen molar-refractivity contribution in [1.29, 1.82) is 0 Å². The van der Waals surface area contributed by atoms with Crippen LogP contribution in [0.2, 0.25) is 0 Å². The van der Waals surface area contributed by atoms with Gasteiger partial charge in [-0.15, -0.1) is 0 Å². The third kappa shape index (κ3) is 5.60. The van der Waals surface area contributed by atoms with Crippen LogP contribution in [-0.4, -0.2) is 17.0 Å². The molecule has 0 aromatic heterocycles. The van der Waals surface area contributed by atoms with E-state index in [4.69, 9.17) is 0 Å². The van der Waals surface area contributed by atoms with Crippen molar-refractivity contribution in [2.24, 2.45) is 4.99 Å². The summed E-state index contributed by atoms with van der Waals surface area (Å²) in [5, 5.41) is 2.29. The van der Waals surface area contributed by atoms with Crippen molar-refractivity contribution in [1.82, 2.24) is 0 Å². The summed E-state index contributed by atoms with van der Waals surface area (Å²) in [7, 11) is 0. The first-order valence-electron chi connectivity index (χ1n) is 3.23. The molecule has 0 radical (unpaired) electrons. The van der Waals surface area contributed by atoms with Crippen LogP contribution in [0.4, 0.5) is 0 Å². The van der Waals surface area contributed by atoms with Crippen LogP contribution in [0.15, 0.2) is 4.99 Å². The molecule has 0 bridgehead atoms. The monoisotopic (exact) mass is 157 g/mol. The van der Waals surface area contributed by atoms with E-state index in [0.717, 1.165) is 6.42 Å². The van der Waals surface area contributed by atoms with E-state index in [2.05, 4.69) is 22.4 Å². The molecule has 0 aliphatic heterocycles. The number of carbonyl (C=O) groups is 1. The van der Waals surface area contributed by atoms with Gasteiger partial charge in [0.25, 0.3) is 0 Å². The van der Waals surface area contributed by atoms with E-state index in [-0.39, 0.29) is 11.8 Å². The molecule has 0 aliphatic carbocycles. The molecule has 10 heavy (non-hydrogen) atoms. The topological polar surface area (TPSA) is 29.4 Å². The summed E-state index contributed by atoms with van der Waals surface area (Å²) in [6.45, 7) is 3.50. The van der Waals surface area contributed by atoms with Gasteiger partial charge >= 0.3 is 0 Å². The van der Waals surface area contributed by atoms with Crippen LogP contribution in [0.5, 0.6) is 0 Å². The number of hydrogen-bond acceptors (Lipinski definition) is 3. The number of carbonyl (C=O) groups excluding carboxylic acids is 1. The first kappa shape index (κ1) is 9.47. The summed E-state index contributed by atoms with van der Waals surface area (Å²) in [5.74, 6) is 0.200. The van der Waals surface area contributed by atoms with E-state index < -0.39 is 0 Å². The highest BCUT2D eigenvalue weighted by Crippen LogP contribution is 1.99. The molecule has 0 rings (SSSR count). The predicted molar refractivity (Wildman–Crippen MR) is 44.4 cm³/mol. The number of isothiocyanates is 1. The fourth-order valence-electron chi connectivity index (χ4n) is 0.567. The molecule has 0 spiro atoms. The van der Waals surface area contributed by atoms with E-state index in [1.165, 1.54) is 0 Å². The predicted octanol–water partition coefficient (Wildman–Crippen LogP) is 1.85. The Morgan fingerprint density at radius 1 is 1.80 bits per heavy atom. The van der Waals surface area contributed by atoms with Crippen molar-refractivity contribution in [3.05, 3.63) is 0 Å². The molecular weight excluding hydrogens is 146 g/mol. The summed E-state index contributed by atoms with van der Waals surface area (Å²) in [5.41, 5.74) is 0. The van der Waals surface area contributed by atoms with Crippen LogP contribution >= 0.6 is 12.2 Å². The van der Waals surface area contributed by atoms with Crippen LogP contribution < -0.4 is 0 Å². The van der Waals surface area contributed by atoms with E-state index in [0.29, 0.717) is 6.42 Å². The minimum Gasteiger partial charge on any atom is -0.300 e. The number of thiocarbonyl (C=S) groups is 1. The second-order valence-electron chi connectivity index (χ2n) is 2.31. The number of ketones is 1. The van der Waals surface area contributed by atoms with Crippen LogP contribution in [0, 0.1) is 0 Å². The quantitative estimate of drug-likeness (QED) is 0.460. The third-order valence-corrected chi connectivity index (χ3v) is 1.29. The van der Waals surface area contributed by atoms with Gasteiger partial charge in [-0.25, -0.2) is 4.99 Å². The molecule has 3 heteroatoms. The fraction of sp³-hybridized carbons (Fsp3) is 0.714. The molecule has 1 atom stereocenters. The number of Topliss-reactive ketones (excluding diaryl/α,β-unsaturated/α-hetero) is 1. The Labute approximate surface area is 66.3 Å². The van der Waals surface area contributed by atoms with Crippen LogP contribution in [0.1, 0.15) is 26.7 Å². The second-order valence-corrected chi connectivity index (χ2v) is 2.49. The van der Waals surface area contributed by atoms with Crippen LogP contribution in [-0.2, 0) is 4.79 Å². The maximum absolute atomic E-state index is 10.5. The van der Waals surface area contributed by atoms with E-state index >= 15 is 0 Å². The van der Waals surface area contributed by atoms with Gasteiger partial charge in [-0.3, -0.25) is 0 Å². The van der Waals surface area contributed by atoms with Crippen LogP contribution in [0.3, 0.4) is 0 Å². The SMILES string of the molecule is CC(=O)CCC(C)N=C=S. The van der Waals surface area contributed by atoms with Crippen molar-refractivity contribution in [3.8, 4) is 0 Å². The molecule has 0 amide bonds. The van der Waals surface area contributed by atoms with E-state index in [9.17, 15) is 4.79 Å². The number of rotatable bonds is 4. The lowest BCUT2D eigenvalue weighted by Gasteiger charge is -1.99. The lowest BCUT2D eigenvalue weighted by Crippen LogP contribution is -2.00. The largest absolute Gasteiger partial charge is 0.300 e. The van der Waals surface area contributed by atoms with Crippen molar-refractivity contribution in [2.75, 3.05) is 0 Å². The second kappa shape index (κ2) is 5.27. The summed E-state index contributed by atoms with van der Waals surface area (Å²) >= 11 is 4.41. The van der Waals surface area contributed by atoms with Crippen molar-refractivity contribution in [3.63, 3.8) is 0 Å². The molecule has 2 nitrogen and oxygen atoms in total. The molecule has 56 valence electrons. The Morgan fingerprint density at radius 3 is 2.80 bits per heavy atom. The molecule has 0 saturated heterocycles. The van der Waals surface area contributed by atoms with Gasteiger partial charge in [0, 0.05) is 6.42 Å². The number of hydrogen-bond donors (Lipinski definition) is 0. The Morgan fingerprint density at radius 2 is 2.40 bits per heavy atom. The highest BCUT2D eigenvalue weighted by molar-refractivity contribution is 7.78. The average Bonchev–Trinajstić information content (AvgIpc) is 1.85. The van der Waals surface area contributed by atoms with Crippen LogP contribution in [0.25, 0.3) is 0 Å². The average molecular weight is 157 g/mol. The zero-order valence-corrected chi connectivity index (χ0v) is 7.07. The normalized spacial score (nSPS) is 11.8. The third-order valence-electron chi connectivity index (χ3n) is 1.19. The Hall–Kier alpha value is -0.530. The molecule has 1 unspecified atom stereocenters. The first-order chi connectivity index (χ1) is 4.66. The highest BCUT2D eigenvalue weighted by Gasteiger charge is 1.99. The summed E-state index contributed by atoms with van der Waals surface area (Å²) in [6.07, 6.45) is 1.36. The van der Waals surface area contributed by atoms with E-state index in [1.54, 1.807) is 6.92 Å². The van der Waals surface area contributed by atoms with Gasteiger partial charge < -0.3 is 4.79 Å². The zero-order valence-electron chi connectivity index (χ0n) is 6.26. The number of aliphatic imine (C=N–C) groups is 1. The fourth-order valence-corrected chi connectivity index (χ4v) is 0.747. The molecule has 0 fully saturated rings. The smallest absolute Gasteiger partial charge is 0.129 e. The first-order valence-corrected chi connectivity index (χ1v) is 3.64. The van der Waals surface area contributed by atoms with Crippen molar-refractivity contribution < 1.29 is 4.79 Å². The molecule has 0 aliphatic rings. The van der Waals surface area contributed by atoms with Gasteiger partial charge in [0.15, 0.2) is 0 Å². The van der Waals surface area contributed by atoms with Gasteiger partial charge in [-0.05, 0) is 32.5 Å². The maximum Gasteiger partial charge on any atom is 0.129 e. The molecule has 0 N–H and O–H groups in total. The summed E-state index contributed by atoms with van der Waals surface area (Å²) < 4.78 is 0. The summed E-state index contributed by atoms with van der Waals surface area (Å²) in [4.78, 5) is 14.3. The molecule has 0 aromatic rings. The lowest BCUT2D eigenvalue weighted by atomic mass is 10.1. The van der Waals surface area contributed by atoms with Crippen molar-refractivity contribution in [2.45, 2.75) is 32.7 Å². The van der Waals surface area contributed by atoms with E-state index in [1.807, 2.05) is 6.92 Å². The van der Waals surface area contributed by atoms with Gasteiger partial charge in [0.2, 0.25) is 0 Å². The Bertz CT molecular complexity index is 161. The molecule has 0 heterocycles. The maximum atomic E-state index is 10.5. The molecule has 0 saturated carbocycles. The Kier molecular flexibility index (Phi) is 4.99. The summed E-state index contributed by atoms with van der Waals surface area (Å²) in [6, 6.07) is 0.140. The minimum absolute atomic E-state index is 0.140. The molecular formula is C7H11NOS. The Balaban J connectivity index is 3.48. The van der Waals surface area contributed by atoms with Gasteiger partial charge in [-0.1, -0.05) is 0 Å². The molecule has 0 aromatic carbocycles. The minimum atomic E-state index is 0.140. The van der Waals surface area contributed by atoms with Crippen molar-refractivity contribution >= 4 is 23.2 Å². The lowest BCUT2D eigenvalue weighted by molar-refractivity contribution is -0.117. The standard InChI is InChI=1S/C7H11NOS/c1-6(8-5-10)3-4-7(2)9/h6H,3-4H2,1-2H3. The highest BCUT2D eigenvalue weighted by atomic mass is 32.1. The zero-order chi connectivity index (χ0) is 7.98.